The Kier molecular flexibility index (Phi) is 1.68. The van der Waals surface area contributed by atoms with Crippen LogP contribution < -0.4 is 0 Å². The van der Waals surface area contributed by atoms with Crippen molar-refractivity contribution in [3.63, 3.8) is 0 Å². The molecule has 0 bridgehead atoms. The number of ether oxygens (including phenoxy) is 1. The van der Waals surface area contributed by atoms with Crippen LogP contribution >= 0.6 is 11.6 Å². The van der Waals surface area contributed by atoms with Gasteiger partial charge in [-0.3, -0.25) is 0 Å². The number of aromatic nitrogens is 4. The molecule has 0 atom stereocenters. The monoisotopic (exact) mass is 210 g/mol. The van der Waals surface area contributed by atoms with Gasteiger partial charge in [-0.1, -0.05) is 0 Å². The summed E-state index contributed by atoms with van der Waals surface area (Å²) in [4.78, 5) is 8.03. The molecule has 2 aromatic rings. The highest BCUT2D eigenvalue weighted by molar-refractivity contribution is 6.28. The summed E-state index contributed by atoms with van der Waals surface area (Å²) in [6.45, 7) is 1.39. The van der Waals surface area contributed by atoms with Gasteiger partial charge in [0.05, 0.1) is 24.8 Å². The summed E-state index contributed by atoms with van der Waals surface area (Å²) in [5, 5.41) is 5.39. The van der Waals surface area contributed by atoms with E-state index in [1.54, 1.807) is 12.4 Å². The summed E-state index contributed by atoms with van der Waals surface area (Å²) in [5.74, 6) is 0. The Labute approximate surface area is 84.7 Å². The Bertz CT molecular complexity index is 479. The molecule has 0 amide bonds. The predicted octanol–water partition coefficient (Wildman–Crippen LogP) is 1.05. The Morgan fingerprint density at radius 1 is 1.43 bits per heavy atom. The van der Waals surface area contributed by atoms with Gasteiger partial charge in [0.2, 0.25) is 5.28 Å². The van der Waals surface area contributed by atoms with E-state index >= 15 is 0 Å². The van der Waals surface area contributed by atoms with Gasteiger partial charge in [0.15, 0.2) is 5.65 Å². The molecular weight excluding hydrogens is 204 g/mol. The maximum absolute atomic E-state index is 5.72. The van der Waals surface area contributed by atoms with Crippen LogP contribution in [0.4, 0.5) is 0 Å². The van der Waals surface area contributed by atoms with Gasteiger partial charge in [-0.05, 0) is 11.6 Å². The molecule has 1 fully saturated rings. The van der Waals surface area contributed by atoms with Crippen LogP contribution in [0.3, 0.4) is 0 Å². The molecule has 1 saturated heterocycles. The second kappa shape index (κ2) is 2.90. The third kappa shape index (κ3) is 1.09. The number of hydrogen-bond acceptors (Lipinski definition) is 4. The molecule has 0 aliphatic carbocycles. The van der Waals surface area contributed by atoms with Crippen molar-refractivity contribution in [3.05, 3.63) is 17.7 Å². The van der Waals surface area contributed by atoms with E-state index in [2.05, 4.69) is 15.1 Å². The van der Waals surface area contributed by atoms with Gasteiger partial charge in [0.25, 0.3) is 0 Å². The number of rotatable bonds is 1. The second-order valence-electron chi connectivity index (χ2n) is 3.20. The molecule has 3 rings (SSSR count). The van der Waals surface area contributed by atoms with E-state index in [9.17, 15) is 0 Å². The Hall–Kier alpha value is -1.20. The molecule has 72 valence electrons. The van der Waals surface area contributed by atoms with Crippen LogP contribution in [0.15, 0.2) is 12.4 Å². The fourth-order valence-corrected chi connectivity index (χ4v) is 1.58. The van der Waals surface area contributed by atoms with Crippen molar-refractivity contribution in [2.75, 3.05) is 13.2 Å². The summed E-state index contributed by atoms with van der Waals surface area (Å²) in [7, 11) is 0. The van der Waals surface area contributed by atoms with Gasteiger partial charge in [-0.25, -0.2) is 9.67 Å². The lowest BCUT2D eigenvalue weighted by Gasteiger charge is -2.26. The smallest absolute Gasteiger partial charge is 0.224 e. The van der Waals surface area contributed by atoms with E-state index in [0.717, 1.165) is 11.0 Å². The zero-order valence-corrected chi connectivity index (χ0v) is 7.98. The van der Waals surface area contributed by atoms with Crippen molar-refractivity contribution in [2.24, 2.45) is 0 Å². The summed E-state index contributed by atoms with van der Waals surface area (Å²) in [5.41, 5.74) is 0.776. The first-order valence-corrected chi connectivity index (χ1v) is 4.66. The Morgan fingerprint density at radius 2 is 2.29 bits per heavy atom. The van der Waals surface area contributed by atoms with Crippen LogP contribution in [0.1, 0.15) is 6.04 Å². The van der Waals surface area contributed by atoms with Crippen LogP contribution in [0.25, 0.3) is 11.0 Å². The zero-order chi connectivity index (χ0) is 9.54. The van der Waals surface area contributed by atoms with Crippen LogP contribution in [-0.2, 0) is 4.74 Å². The average molecular weight is 211 g/mol. The standard InChI is InChI=1S/C8H7ClN4O/c9-8-10-1-5-2-11-13(7(5)12-8)6-3-14-4-6/h1-2,6H,3-4H2. The first-order valence-electron chi connectivity index (χ1n) is 4.28. The molecule has 1 aliphatic heterocycles. The Morgan fingerprint density at radius 3 is 3.00 bits per heavy atom. The maximum atomic E-state index is 5.72. The van der Waals surface area contributed by atoms with Crippen molar-refractivity contribution in [3.8, 4) is 0 Å². The largest absolute Gasteiger partial charge is 0.377 e. The molecule has 0 radical (unpaired) electrons. The maximum Gasteiger partial charge on any atom is 0.224 e. The average Bonchev–Trinajstić information content (AvgIpc) is 2.46. The summed E-state index contributed by atoms with van der Waals surface area (Å²) >= 11 is 5.72. The first kappa shape index (κ1) is 8.14. The van der Waals surface area contributed by atoms with Gasteiger partial charge in [-0.15, -0.1) is 0 Å². The molecule has 0 N–H and O–H groups in total. The van der Waals surface area contributed by atoms with Crippen molar-refractivity contribution in [2.45, 2.75) is 6.04 Å². The van der Waals surface area contributed by atoms with Crippen LogP contribution in [0, 0.1) is 0 Å². The van der Waals surface area contributed by atoms with E-state index in [1.165, 1.54) is 0 Å². The van der Waals surface area contributed by atoms with E-state index in [-0.39, 0.29) is 5.28 Å². The molecule has 5 nitrogen and oxygen atoms in total. The minimum absolute atomic E-state index is 0.250. The molecule has 0 aromatic carbocycles. The van der Waals surface area contributed by atoms with Gasteiger partial charge < -0.3 is 4.74 Å². The highest BCUT2D eigenvalue weighted by Crippen LogP contribution is 2.21. The molecule has 3 heterocycles. The lowest BCUT2D eigenvalue weighted by atomic mass is 10.3. The minimum atomic E-state index is 0.250. The quantitative estimate of drug-likeness (QED) is 0.661. The summed E-state index contributed by atoms with van der Waals surface area (Å²) < 4.78 is 6.94. The van der Waals surface area contributed by atoms with Crippen LogP contribution in [0.5, 0.6) is 0 Å². The van der Waals surface area contributed by atoms with E-state index in [1.807, 2.05) is 4.68 Å². The van der Waals surface area contributed by atoms with E-state index < -0.39 is 0 Å². The highest BCUT2D eigenvalue weighted by atomic mass is 35.5. The van der Waals surface area contributed by atoms with E-state index in [4.69, 9.17) is 16.3 Å². The predicted molar refractivity (Wildman–Crippen MR) is 50.2 cm³/mol. The summed E-state index contributed by atoms with van der Waals surface area (Å²) in [6, 6.07) is 0.290. The van der Waals surface area contributed by atoms with Gasteiger partial charge >= 0.3 is 0 Å². The number of nitrogens with zero attached hydrogens (tertiary/aromatic N) is 4. The molecule has 1 aliphatic rings. The van der Waals surface area contributed by atoms with Crippen molar-refractivity contribution in [1.82, 2.24) is 19.7 Å². The van der Waals surface area contributed by atoms with E-state index in [0.29, 0.717) is 19.3 Å². The Balaban J connectivity index is 2.18. The van der Waals surface area contributed by atoms with Crippen molar-refractivity contribution in [1.29, 1.82) is 0 Å². The number of hydrogen-bond donors (Lipinski definition) is 0. The highest BCUT2D eigenvalue weighted by Gasteiger charge is 2.23. The molecule has 6 heteroatoms. The molecule has 14 heavy (non-hydrogen) atoms. The lowest BCUT2D eigenvalue weighted by molar-refractivity contribution is -0.0269. The molecule has 0 spiro atoms. The summed E-state index contributed by atoms with van der Waals surface area (Å²) in [6.07, 6.45) is 3.41. The zero-order valence-electron chi connectivity index (χ0n) is 7.22. The van der Waals surface area contributed by atoms with Gasteiger partial charge in [0, 0.05) is 6.20 Å². The minimum Gasteiger partial charge on any atom is -0.377 e. The number of halogens is 1. The molecule has 0 saturated carbocycles. The van der Waals surface area contributed by atoms with Crippen molar-refractivity contribution >= 4 is 22.6 Å². The molecular formula is C8H7ClN4O. The van der Waals surface area contributed by atoms with Crippen LogP contribution in [0.2, 0.25) is 5.28 Å². The second-order valence-corrected chi connectivity index (χ2v) is 3.54. The van der Waals surface area contributed by atoms with Gasteiger partial charge in [0.1, 0.15) is 6.04 Å². The topological polar surface area (TPSA) is 52.8 Å². The SMILES string of the molecule is Clc1ncc2cnn(C3COC3)c2n1. The normalized spacial score (nSPS) is 17.2. The lowest BCUT2D eigenvalue weighted by Crippen LogP contribution is -2.31. The molecule has 2 aromatic heterocycles. The first-order chi connectivity index (χ1) is 6.84. The molecule has 0 unspecified atom stereocenters. The number of fused-ring (bicyclic) bond motifs is 1. The fraction of sp³-hybridized carbons (Fsp3) is 0.375. The fourth-order valence-electron chi connectivity index (χ4n) is 1.45. The van der Waals surface area contributed by atoms with Crippen LogP contribution in [-0.4, -0.2) is 33.0 Å². The third-order valence-electron chi connectivity index (χ3n) is 2.27. The third-order valence-corrected chi connectivity index (χ3v) is 2.45. The van der Waals surface area contributed by atoms with Gasteiger partial charge in [-0.2, -0.15) is 10.1 Å². The van der Waals surface area contributed by atoms with Crippen molar-refractivity contribution < 1.29 is 4.74 Å².